The van der Waals surface area contributed by atoms with Gasteiger partial charge in [-0.2, -0.15) is 0 Å². The maximum Gasteiger partial charge on any atom is 0.0944 e. The molecule has 0 spiro atoms. The van der Waals surface area contributed by atoms with Crippen molar-refractivity contribution in [2.75, 3.05) is 0 Å². The van der Waals surface area contributed by atoms with Crippen LogP contribution in [0.5, 0.6) is 0 Å². The van der Waals surface area contributed by atoms with Gasteiger partial charge in [-0.3, -0.25) is 0 Å². The Hall–Kier alpha value is -1.35. The number of aryl methyl sites for hydroxylation is 1. The fraction of sp³-hybridized carbons (Fsp3) is 0.333. The van der Waals surface area contributed by atoms with Gasteiger partial charge in [0.05, 0.1) is 6.10 Å². The fourth-order valence-electron chi connectivity index (χ4n) is 2.57. The molecule has 3 N–H and O–H groups in total. The summed E-state index contributed by atoms with van der Waals surface area (Å²) in [6, 6.07) is 15.3. The molecule has 0 aliphatic rings. The standard InChI is InChI=1S/C18H22ClNO/c1-12-5-3-6-14(9-12)10-13(2)17(20)18(21)15-7-4-8-16(19)11-15/h3-9,11,13,17-18,21H,10,20H2,1-2H3/t13?,17-,18-/m1/s1. The molecule has 0 radical (unpaired) electrons. The van der Waals surface area contributed by atoms with Crippen LogP contribution in [-0.2, 0) is 6.42 Å². The third kappa shape index (κ3) is 4.31. The summed E-state index contributed by atoms with van der Waals surface area (Å²) in [5, 5.41) is 11.0. The number of benzene rings is 2. The predicted molar refractivity (Wildman–Crippen MR) is 88.4 cm³/mol. The second-order valence-corrected chi connectivity index (χ2v) is 6.18. The van der Waals surface area contributed by atoms with Crippen LogP contribution in [0.1, 0.15) is 29.7 Å². The number of halogens is 1. The molecule has 0 aromatic heterocycles. The number of aliphatic hydroxyl groups is 1. The second kappa shape index (κ2) is 7.08. The topological polar surface area (TPSA) is 46.2 Å². The quantitative estimate of drug-likeness (QED) is 0.880. The largest absolute Gasteiger partial charge is 0.387 e. The lowest BCUT2D eigenvalue weighted by molar-refractivity contribution is 0.121. The molecule has 2 nitrogen and oxygen atoms in total. The molecule has 2 aromatic carbocycles. The Morgan fingerprint density at radius 3 is 2.52 bits per heavy atom. The summed E-state index contributed by atoms with van der Waals surface area (Å²) in [5.74, 6) is 0.167. The van der Waals surface area contributed by atoms with E-state index in [1.807, 2.05) is 12.1 Å². The molecule has 3 atom stereocenters. The molecule has 0 aliphatic carbocycles. The Morgan fingerprint density at radius 2 is 1.86 bits per heavy atom. The highest BCUT2D eigenvalue weighted by Gasteiger charge is 2.23. The van der Waals surface area contributed by atoms with E-state index in [4.69, 9.17) is 17.3 Å². The van der Waals surface area contributed by atoms with Crippen LogP contribution in [-0.4, -0.2) is 11.1 Å². The zero-order valence-corrected chi connectivity index (χ0v) is 13.2. The zero-order valence-electron chi connectivity index (χ0n) is 12.5. The number of aliphatic hydroxyl groups excluding tert-OH is 1. The third-order valence-electron chi connectivity index (χ3n) is 3.85. The van der Waals surface area contributed by atoms with Gasteiger partial charge in [-0.05, 0) is 42.5 Å². The van der Waals surface area contributed by atoms with Gasteiger partial charge in [0.25, 0.3) is 0 Å². The molecule has 112 valence electrons. The molecule has 2 aromatic rings. The first-order valence-electron chi connectivity index (χ1n) is 7.22. The molecule has 3 heteroatoms. The van der Waals surface area contributed by atoms with Crippen LogP contribution in [0.3, 0.4) is 0 Å². The van der Waals surface area contributed by atoms with Gasteiger partial charge in [0, 0.05) is 11.1 Å². The molecule has 0 saturated carbocycles. The summed E-state index contributed by atoms with van der Waals surface area (Å²) in [4.78, 5) is 0. The monoisotopic (exact) mass is 303 g/mol. The molecular weight excluding hydrogens is 282 g/mol. The molecular formula is C18H22ClNO. The van der Waals surface area contributed by atoms with Gasteiger partial charge < -0.3 is 10.8 Å². The van der Waals surface area contributed by atoms with Crippen molar-refractivity contribution in [3.63, 3.8) is 0 Å². The fourth-order valence-corrected chi connectivity index (χ4v) is 2.77. The first-order valence-corrected chi connectivity index (χ1v) is 7.60. The smallest absolute Gasteiger partial charge is 0.0944 e. The highest BCUT2D eigenvalue weighted by atomic mass is 35.5. The molecule has 0 fully saturated rings. The zero-order chi connectivity index (χ0) is 15.4. The van der Waals surface area contributed by atoms with E-state index in [1.54, 1.807) is 12.1 Å². The molecule has 0 saturated heterocycles. The van der Waals surface area contributed by atoms with Crippen molar-refractivity contribution in [3.05, 3.63) is 70.2 Å². The third-order valence-corrected chi connectivity index (χ3v) is 4.09. The SMILES string of the molecule is Cc1cccc(CC(C)[C@@H](N)[C@H](O)c2cccc(Cl)c2)c1. The van der Waals surface area contributed by atoms with E-state index < -0.39 is 6.10 Å². The van der Waals surface area contributed by atoms with E-state index >= 15 is 0 Å². The van der Waals surface area contributed by atoms with Crippen LogP contribution >= 0.6 is 11.6 Å². The normalized spacial score (nSPS) is 15.5. The lowest BCUT2D eigenvalue weighted by Gasteiger charge is -2.25. The van der Waals surface area contributed by atoms with E-state index in [-0.39, 0.29) is 12.0 Å². The van der Waals surface area contributed by atoms with Crippen LogP contribution in [0.25, 0.3) is 0 Å². The minimum atomic E-state index is -0.705. The predicted octanol–water partition coefficient (Wildman–Crippen LogP) is 3.89. The highest BCUT2D eigenvalue weighted by Crippen LogP contribution is 2.25. The van der Waals surface area contributed by atoms with Crippen molar-refractivity contribution in [3.8, 4) is 0 Å². The molecule has 0 bridgehead atoms. The van der Waals surface area contributed by atoms with Crippen molar-refractivity contribution in [1.29, 1.82) is 0 Å². The molecule has 21 heavy (non-hydrogen) atoms. The van der Waals surface area contributed by atoms with E-state index in [0.29, 0.717) is 5.02 Å². The van der Waals surface area contributed by atoms with Crippen molar-refractivity contribution < 1.29 is 5.11 Å². The molecule has 2 rings (SSSR count). The summed E-state index contributed by atoms with van der Waals surface area (Å²) in [7, 11) is 0. The van der Waals surface area contributed by atoms with Crippen LogP contribution in [0.2, 0.25) is 5.02 Å². The van der Waals surface area contributed by atoms with Gasteiger partial charge in [-0.25, -0.2) is 0 Å². The Morgan fingerprint density at radius 1 is 1.14 bits per heavy atom. The Bertz CT molecular complexity index is 599. The van der Waals surface area contributed by atoms with Crippen molar-refractivity contribution in [2.45, 2.75) is 32.4 Å². The van der Waals surface area contributed by atoms with Crippen molar-refractivity contribution >= 4 is 11.6 Å². The number of hydrogen-bond acceptors (Lipinski definition) is 2. The lowest BCUT2D eigenvalue weighted by atomic mass is 9.88. The number of nitrogens with two attached hydrogens (primary N) is 1. The molecule has 1 unspecified atom stereocenters. The maximum atomic E-state index is 10.4. The second-order valence-electron chi connectivity index (χ2n) is 5.75. The highest BCUT2D eigenvalue weighted by molar-refractivity contribution is 6.30. The van der Waals surface area contributed by atoms with Crippen LogP contribution < -0.4 is 5.73 Å². The summed E-state index contributed by atoms with van der Waals surface area (Å²) in [6.45, 7) is 4.15. The van der Waals surface area contributed by atoms with Crippen LogP contribution in [0, 0.1) is 12.8 Å². The minimum Gasteiger partial charge on any atom is -0.387 e. The summed E-state index contributed by atoms with van der Waals surface area (Å²) in [5.41, 5.74) is 9.49. The van der Waals surface area contributed by atoms with Gasteiger partial charge in [0.1, 0.15) is 0 Å². The van der Waals surface area contributed by atoms with Crippen molar-refractivity contribution in [2.24, 2.45) is 11.7 Å². The summed E-state index contributed by atoms with van der Waals surface area (Å²) >= 11 is 5.97. The first kappa shape index (κ1) is 16.0. The van der Waals surface area contributed by atoms with Gasteiger partial charge in [0.2, 0.25) is 0 Å². The number of hydrogen-bond donors (Lipinski definition) is 2. The van der Waals surface area contributed by atoms with Gasteiger partial charge in [-0.15, -0.1) is 0 Å². The van der Waals surface area contributed by atoms with Gasteiger partial charge in [0.15, 0.2) is 0 Å². The maximum absolute atomic E-state index is 10.4. The molecule has 0 heterocycles. The minimum absolute atomic E-state index is 0.167. The van der Waals surface area contributed by atoms with Gasteiger partial charge in [-0.1, -0.05) is 60.5 Å². The Kier molecular flexibility index (Phi) is 5.40. The van der Waals surface area contributed by atoms with Crippen LogP contribution in [0.4, 0.5) is 0 Å². The average Bonchev–Trinajstić information content (AvgIpc) is 2.45. The number of rotatable bonds is 5. The van der Waals surface area contributed by atoms with E-state index in [1.165, 1.54) is 11.1 Å². The van der Waals surface area contributed by atoms with Gasteiger partial charge >= 0.3 is 0 Å². The first-order chi connectivity index (χ1) is 9.97. The van der Waals surface area contributed by atoms with E-state index in [0.717, 1.165) is 12.0 Å². The lowest BCUT2D eigenvalue weighted by Crippen LogP contribution is -2.36. The summed E-state index contributed by atoms with van der Waals surface area (Å²) < 4.78 is 0. The summed E-state index contributed by atoms with van der Waals surface area (Å²) in [6.07, 6.45) is 0.143. The van der Waals surface area contributed by atoms with E-state index in [9.17, 15) is 5.11 Å². The van der Waals surface area contributed by atoms with Crippen molar-refractivity contribution in [1.82, 2.24) is 0 Å². The molecule has 0 amide bonds. The average molecular weight is 304 g/mol. The van der Waals surface area contributed by atoms with E-state index in [2.05, 4.69) is 38.1 Å². The Labute approximate surface area is 131 Å². The van der Waals surface area contributed by atoms with Crippen LogP contribution in [0.15, 0.2) is 48.5 Å². The Balaban J connectivity index is 2.06. The molecule has 0 aliphatic heterocycles.